The lowest BCUT2D eigenvalue weighted by molar-refractivity contribution is -0.111. The summed E-state index contributed by atoms with van der Waals surface area (Å²) >= 11 is 0. The molecule has 1 aliphatic heterocycles. The Kier molecular flexibility index (Phi) is 4.68. The fourth-order valence-electron chi connectivity index (χ4n) is 3.15. The highest BCUT2D eigenvalue weighted by Gasteiger charge is 2.46. The predicted octanol–water partition coefficient (Wildman–Crippen LogP) is 2.57. The van der Waals surface area contributed by atoms with Crippen LogP contribution in [0.2, 0.25) is 0 Å². The lowest BCUT2D eigenvalue weighted by Gasteiger charge is -2.48. The molecule has 1 saturated heterocycles. The van der Waals surface area contributed by atoms with E-state index in [0.29, 0.717) is 31.1 Å². The fourth-order valence-corrected chi connectivity index (χ4v) is 3.15. The summed E-state index contributed by atoms with van der Waals surface area (Å²) < 4.78 is 5.43. The summed E-state index contributed by atoms with van der Waals surface area (Å²) in [7, 11) is 0. The third-order valence-corrected chi connectivity index (χ3v) is 5.18. The number of benzene rings is 1. The van der Waals surface area contributed by atoms with Crippen LogP contribution in [0.15, 0.2) is 53.1 Å². The summed E-state index contributed by atoms with van der Waals surface area (Å²) in [5.41, 5.74) is 1.94. The number of oxazole rings is 1. The van der Waals surface area contributed by atoms with E-state index in [4.69, 9.17) is 4.42 Å². The first-order chi connectivity index (χ1) is 13.4. The number of rotatable bonds is 5. The molecular weight excluding hydrogens is 356 g/mol. The van der Waals surface area contributed by atoms with Crippen molar-refractivity contribution < 1.29 is 14.3 Å². The first-order valence-electron chi connectivity index (χ1n) is 9.29. The molecule has 1 fully saturated rings. The number of aliphatic hydroxyl groups is 1. The third kappa shape index (κ3) is 3.53. The molecule has 144 valence electrons. The lowest BCUT2D eigenvalue weighted by atomic mass is 9.83. The van der Waals surface area contributed by atoms with Crippen molar-refractivity contribution in [3.63, 3.8) is 0 Å². The molecule has 28 heavy (non-hydrogen) atoms. The van der Waals surface area contributed by atoms with E-state index in [1.807, 2.05) is 56.3 Å². The summed E-state index contributed by atoms with van der Waals surface area (Å²) in [5, 5.41) is 18.8. The number of β-amino-alcohol motifs (C(OH)–C–C–N with tert-alkyl or cyclic N) is 1. The Morgan fingerprint density at radius 3 is 2.57 bits per heavy atom. The van der Waals surface area contributed by atoms with Crippen molar-refractivity contribution in [1.82, 2.24) is 20.1 Å². The second-order valence-corrected chi connectivity index (χ2v) is 7.50. The van der Waals surface area contributed by atoms with Crippen molar-refractivity contribution in [2.75, 3.05) is 13.1 Å². The standard InChI is InChI=1S/C21H22N4O3/c1-14(2)21(27)12-25(13-21)20(26)18-11-28-19(22-18)10-16-8-9-17(24-23-16)15-6-4-3-5-7-15/h3-9,11,14,27H,10,12-13H2,1-2H3. The van der Waals surface area contributed by atoms with Crippen molar-refractivity contribution >= 4 is 5.91 Å². The average molecular weight is 378 g/mol. The molecule has 0 bridgehead atoms. The van der Waals surface area contributed by atoms with E-state index in [1.165, 1.54) is 6.26 Å². The number of hydrogen-bond acceptors (Lipinski definition) is 6. The van der Waals surface area contributed by atoms with Crippen LogP contribution >= 0.6 is 0 Å². The van der Waals surface area contributed by atoms with Gasteiger partial charge in [-0.05, 0) is 18.1 Å². The molecule has 0 spiro atoms. The van der Waals surface area contributed by atoms with Crippen molar-refractivity contribution in [2.45, 2.75) is 25.9 Å². The smallest absolute Gasteiger partial charge is 0.276 e. The molecule has 1 aliphatic rings. The number of nitrogens with zero attached hydrogens (tertiary/aromatic N) is 4. The van der Waals surface area contributed by atoms with Crippen LogP contribution in [0, 0.1) is 5.92 Å². The van der Waals surface area contributed by atoms with Crippen molar-refractivity contribution in [1.29, 1.82) is 0 Å². The molecule has 3 aromatic rings. The minimum Gasteiger partial charge on any atom is -0.448 e. The van der Waals surface area contributed by atoms with Gasteiger partial charge in [-0.15, -0.1) is 0 Å². The average Bonchev–Trinajstić information content (AvgIpc) is 3.14. The van der Waals surface area contributed by atoms with Gasteiger partial charge in [0, 0.05) is 5.56 Å². The van der Waals surface area contributed by atoms with E-state index in [2.05, 4.69) is 15.2 Å². The van der Waals surface area contributed by atoms with Crippen LogP contribution in [0.1, 0.15) is 35.9 Å². The zero-order valence-corrected chi connectivity index (χ0v) is 15.9. The Balaban J connectivity index is 1.39. The number of hydrogen-bond donors (Lipinski definition) is 1. The zero-order chi connectivity index (χ0) is 19.7. The van der Waals surface area contributed by atoms with Crippen LogP contribution in [-0.4, -0.2) is 49.8 Å². The zero-order valence-electron chi connectivity index (χ0n) is 15.9. The largest absolute Gasteiger partial charge is 0.448 e. The molecule has 7 nitrogen and oxygen atoms in total. The Labute approximate surface area is 163 Å². The van der Waals surface area contributed by atoms with E-state index < -0.39 is 5.60 Å². The molecule has 1 amide bonds. The van der Waals surface area contributed by atoms with E-state index in [9.17, 15) is 9.90 Å². The van der Waals surface area contributed by atoms with E-state index >= 15 is 0 Å². The van der Waals surface area contributed by atoms with Crippen LogP contribution in [0.5, 0.6) is 0 Å². The van der Waals surface area contributed by atoms with Gasteiger partial charge in [0.05, 0.1) is 30.9 Å². The molecule has 0 saturated carbocycles. The maximum absolute atomic E-state index is 12.5. The highest BCUT2D eigenvalue weighted by molar-refractivity contribution is 5.92. The van der Waals surface area contributed by atoms with Gasteiger partial charge < -0.3 is 14.4 Å². The first kappa shape index (κ1) is 18.3. The lowest BCUT2D eigenvalue weighted by Crippen LogP contribution is -2.66. The summed E-state index contributed by atoms with van der Waals surface area (Å²) in [5.74, 6) is 0.275. The number of carbonyl (C=O) groups is 1. The van der Waals surface area contributed by atoms with Gasteiger partial charge in [-0.25, -0.2) is 4.98 Å². The van der Waals surface area contributed by atoms with Gasteiger partial charge in [0.15, 0.2) is 5.69 Å². The highest BCUT2D eigenvalue weighted by atomic mass is 16.3. The maximum atomic E-state index is 12.5. The molecule has 1 N–H and O–H groups in total. The molecule has 0 unspecified atom stereocenters. The van der Waals surface area contributed by atoms with Crippen molar-refractivity contribution in [2.24, 2.45) is 5.92 Å². The molecule has 4 rings (SSSR count). The fraction of sp³-hybridized carbons (Fsp3) is 0.333. The third-order valence-electron chi connectivity index (χ3n) is 5.18. The van der Waals surface area contributed by atoms with Gasteiger partial charge in [-0.2, -0.15) is 10.2 Å². The first-order valence-corrected chi connectivity index (χ1v) is 9.29. The van der Waals surface area contributed by atoms with Crippen LogP contribution in [0.25, 0.3) is 11.3 Å². The normalized spacial score (nSPS) is 15.5. The molecule has 0 radical (unpaired) electrons. The Bertz CT molecular complexity index is 961. The molecule has 0 aliphatic carbocycles. The van der Waals surface area contributed by atoms with Crippen LogP contribution in [-0.2, 0) is 6.42 Å². The van der Waals surface area contributed by atoms with Crippen LogP contribution in [0.3, 0.4) is 0 Å². The Morgan fingerprint density at radius 1 is 1.18 bits per heavy atom. The van der Waals surface area contributed by atoms with E-state index in [0.717, 1.165) is 11.3 Å². The van der Waals surface area contributed by atoms with E-state index in [1.54, 1.807) is 4.90 Å². The maximum Gasteiger partial charge on any atom is 0.276 e. The van der Waals surface area contributed by atoms with Crippen molar-refractivity contribution in [3.8, 4) is 11.3 Å². The second-order valence-electron chi connectivity index (χ2n) is 7.50. The topological polar surface area (TPSA) is 92.3 Å². The van der Waals surface area contributed by atoms with Gasteiger partial charge in [0.25, 0.3) is 5.91 Å². The molecule has 3 heterocycles. The number of aromatic nitrogens is 3. The number of carbonyl (C=O) groups excluding carboxylic acids is 1. The molecule has 2 aromatic heterocycles. The quantitative estimate of drug-likeness (QED) is 0.734. The summed E-state index contributed by atoms with van der Waals surface area (Å²) in [6.07, 6.45) is 1.71. The SMILES string of the molecule is CC(C)C1(O)CN(C(=O)c2coc(Cc3ccc(-c4ccccc4)nn3)n2)C1. The van der Waals surface area contributed by atoms with Gasteiger partial charge in [-0.1, -0.05) is 44.2 Å². The predicted molar refractivity (Wildman–Crippen MR) is 102 cm³/mol. The Morgan fingerprint density at radius 2 is 1.93 bits per heavy atom. The van der Waals surface area contributed by atoms with Crippen molar-refractivity contribution in [3.05, 3.63) is 66.0 Å². The summed E-state index contributed by atoms with van der Waals surface area (Å²) in [4.78, 5) is 18.3. The molecular formula is C21H22N4O3. The number of amides is 1. The van der Waals surface area contributed by atoms with Gasteiger partial charge >= 0.3 is 0 Å². The highest BCUT2D eigenvalue weighted by Crippen LogP contribution is 2.29. The van der Waals surface area contributed by atoms with Crippen LogP contribution < -0.4 is 0 Å². The summed E-state index contributed by atoms with van der Waals surface area (Å²) in [6.45, 7) is 4.52. The molecule has 0 atom stereocenters. The number of likely N-dealkylation sites (tertiary alicyclic amines) is 1. The van der Waals surface area contributed by atoms with Crippen LogP contribution in [0.4, 0.5) is 0 Å². The van der Waals surface area contributed by atoms with E-state index in [-0.39, 0.29) is 17.5 Å². The van der Waals surface area contributed by atoms with Gasteiger partial charge in [-0.3, -0.25) is 4.79 Å². The molecule has 1 aromatic carbocycles. The van der Waals surface area contributed by atoms with Gasteiger partial charge in [0.1, 0.15) is 11.9 Å². The monoisotopic (exact) mass is 378 g/mol. The minimum absolute atomic E-state index is 0.0989. The Hall–Kier alpha value is -3.06. The second kappa shape index (κ2) is 7.16. The minimum atomic E-state index is -0.807. The van der Waals surface area contributed by atoms with Gasteiger partial charge in [0.2, 0.25) is 5.89 Å². The summed E-state index contributed by atoms with van der Waals surface area (Å²) in [6, 6.07) is 13.6. The molecule has 7 heteroatoms.